The van der Waals surface area contributed by atoms with Gasteiger partial charge in [0.15, 0.2) is 0 Å². The first-order valence-electron chi connectivity index (χ1n) is 6.29. The van der Waals surface area contributed by atoms with Crippen molar-refractivity contribution in [2.75, 3.05) is 19.8 Å². The van der Waals surface area contributed by atoms with Crippen LogP contribution in [-0.4, -0.2) is 35.5 Å². The molecule has 1 unspecified atom stereocenters. The zero-order valence-corrected chi connectivity index (χ0v) is 14.2. The van der Waals surface area contributed by atoms with E-state index in [1.807, 2.05) is 11.8 Å². The SMILES string of the molecule is CSC1(C(CN)N(C)Cc2csc(Br)c2)CCC1. The Morgan fingerprint density at radius 3 is 2.72 bits per heavy atom. The quantitative estimate of drug-likeness (QED) is 0.852. The van der Waals surface area contributed by atoms with Gasteiger partial charge in [0.25, 0.3) is 0 Å². The molecular formula is C13H21BrN2S2. The third kappa shape index (κ3) is 2.96. The van der Waals surface area contributed by atoms with Gasteiger partial charge in [-0.15, -0.1) is 11.3 Å². The molecule has 5 heteroatoms. The van der Waals surface area contributed by atoms with Crippen molar-refractivity contribution >= 4 is 39.0 Å². The smallest absolute Gasteiger partial charge is 0.0701 e. The van der Waals surface area contributed by atoms with Gasteiger partial charge in [0, 0.05) is 23.9 Å². The standard InChI is InChI=1S/C13H21BrN2S2/c1-16(8-10-6-12(14)18-9-10)11(7-15)13(17-2)4-3-5-13/h6,9,11H,3-5,7-8,15H2,1-2H3. The van der Waals surface area contributed by atoms with E-state index < -0.39 is 0 Å². The topological polar surface area (TPSA) is 29.3 Å². The predicted octanol–water partition coefficient (Wildman–Crippen LogP) is 3.56. The number of hydrogen-bond acceptors (Lipinski definition) is 4. The fourth-order valence-electron chi connectivity index (χ4n) is 2.82. The molecule has 0 spiro atoms. The molecule has 1 fully saturated rings. The lowest BCUT2D eigenvalue weighted by molar-refractivity contribution is 0.145. The molecule has 1 aliphatic carbocycles. The third-order valence-corrected chi connectivity index (χ3v) is 7.07. The van der Waals surface area contributed by atoms with E-state index >= 15 is 0 Å². The number of thioether (sulfide) groups is 1. The second-order valence-electron chi connectivity index (χ2n) is 5.05. The molecule has 2 rings (SSSR count). The number of halogens is 1. The van der Waals surface area contributed by atoms with Crippen LogP contribution < -0.4 is 5.73 Å². The molecule has 0 bridgehead atoms. The fraction of sp³-hybridized carbons (Fsp3) is 0.692. The van der Waals surface area contributed by atoms with Crippen LogP contribution in [0, 0.1) is 0 Å². The number of nitrogens with two attached hydrogens (primary N) is 1. The number of rotatable bonds is 6. The van der Waals surface area contributed by atoms with Crippen LogP contribution in [0.1, 0.15) is 24.8 Å². The Hall–Kier alpha value is 0.450. The van der Waals surface area contributed by atoms with E-state index in [2.05, 4.69) is 45.6 Å². The first-order chi connectivity index (χ1) is 8.61. The maximum Gasteiger partial charge on any atom is 0.0701 e. The zero-order chi connectivity index (χ0) is 13.2. The zero-order valence-electron chi connectivity index (χ0n) is 11.0. The summed E-state index contributed by atoms with van der Waals surface area (Å²) < 4.78 is 1.61. The summed E-state index contributed by atoms with van der Waals surface area (Å²) in [6, 6.07) is 2.70. The van der Waals surface area contributed by atoms with E-state index in [0.29, 0.717) is 10.8 Å². The Balaban J connectivity index is 2.03. The molecule has 102 valence electrons. The van der Waals surface area contributed by atoms with Crippen molar-refractivity contribution in [1.82, 2.24) is 4.90 Å². The fourth-order valence-corrected chi connectivity index (χ4v) is 5.27. The van der Waals surface area contributed by atoms with Crippen molar-refractivity contribution in [3.63, 3.8) is 0 Å². The molecule has 18 heavy (non-hydrogen) atoms. The van der Waals surface area contributed by atoms with Crippen molar-refractivity contribution in [2.45, 2.75) is 36.6 Å². The lowest BCUT2D eigenvalue weighted by Gasteiger charge is -2.49. The van der Waals surface area contributed by atoms with Crippen LogP contribution >= 0.6 is 39.0 Å². The van der Waals surface area contributed by atoms with E-state index in [9.17, 15) is 0 Å². The average Bonchev–Trinajstić information content (AvgIpc) is 2.68. The molecule has 0 amide bonds. The number of hydrogen-bond donors (Lipinski definition) is 1. The van der Waals surface area contributed by atoms with Crippen LogP contribution in [0.15, 0.2) is 15.2 Å². The van der Waals surface area contributed by atoms with E-state index in [1.165, 1.54) is 28.6 Å². The summed E-state index contributed by atoms with van der Waals surface area (Å²) in [5.74, 6) is 0. The highest BCUT2D eigenvalue weighted by Crippen LogP contribution is 2.47. The summed E-state index contributed by atoms with van der Waals surface area (Å²) in [5.41, 5.74) is 7.42. The monoisotopic (exact) mass is 348 g/mol. The predicted molar refractivity (Wildman–Crippen MR) is 86.4 cm³/mol. The van der Waals surface area contributed by atoms with Crippen LogP contribution in [0.5, 0.6) is 0 Å². The minimum absolute atomic E-state index is 0.400. The minimum Gasteiger partial charge on any atom is -0.329 e. The van der Waals surface area contributed by atoms with Gasteiger partial charge in [0.2, 0.25) is 0 Å². The van der Waals surface area contributed by atoms with E-state index in [4.69, 9.17) is 5.73 Å². The molecule has 0 aromatic carbocycles. The summed E-state index contributed by atoms with van der Waals surface area (Å²) in [6.45, 7) is 1.74. The molecule has 0 saturated heterocycles. The highest BCUT2D eigenvalue weighted by Gasteiger charge is 2.44. The Morgan fingerprint density at radius 2 is 2.33 bits per heavy atom. The van der Waals surface area contributed by atoms with Gasteiger partial charge < -0.3 is 5.73 Å². The van der Waals surface area contributed by atoms with Gasteiger partial charge in [0.05, 0.1) is 3.79 Å². The van der Waals surface area contributed by atoms with E-state index in [1.54, 1.807) is 11.3 Å². The van der Waals surface area contributed by atoms with Crippen LogP contribution in [-0.2, 0) is 6.54 Å². The first-order valence-corrected chi connectivity index (χ1v) is 9.19. The molecule has 0 radical (unpaired) electrons. The van der Waals surface area contributed by atoms with Gasteiger partial charge in [-0.05, 0) is 59.1 Å². The summed E-state index contributed by atoms with van der Waals surface area (Å²) in [6.07, 6.45) is 6.22. The second kappa shape index (κ2) is 6.27. The Kier molecular flexibility index (Phi) is 5.17. The average molecular weight is 349 g/mol. The maximum absolute atomic E-state index is 6.04. The molecule has 1 aliphatic rings. The molecule has 1 heterocycles. The van der Waals surface area contributed by atoms with Crippen molar-refractivity contribution in [2.24, 2.45) is 5.73 Å². The number of likely N-dealkylation sites (N-methyl/N-ethyl adjacent to an activating group) is 1. The van der Waals surface area contributed by atoms with E-state index in [-0.39, 0.29) is 0 Å². The van der Waals surface area contributed by atoms with Gasteiger partial charge in [-0.25, -0.2) is 0 Å². The summed E-state index contributed by atoms with van der Waals surface area (Å²) in [4.78, 5) is 2.43. The van der Waals surface area contributed by atoms with Crippen molar-refractivity contribution in [1.29, 1.82) is 0 Å². The van der Waals surface area contributed by atoms with E-state index in [0.717, 1.165) is 13.1 Å². The maximum atomic E-state index is 6.04. The van der Waals surface area contributed by atoms with Crippen LogP contribution in [0.25, 0.3) is 0 Å². The lowest BCUT2D eigenvalue weighted by Crippen LogP contribution is -2.56. The molecule has 0 aliphatic heterocycles. The van der Waals surface area contributed by atoms with Crippen LogP contribution in [0.4, 0.5) is 0 Å². The first kappa shape index (κ1) is 14.9. The lowest BCUT2D eigenvalue weighted by atomic mass is 9.77. The Bertz CT molecular complexity index is 385. The van der Waals surface area contributed by atoms with Gasteiger partial charge in [-0.3, -0.25) is 4.90 Å². The normalized spacial score (nSPS) is 19.8. The highest BCUT2D eigenvalue weighted by atomic mass is 79.9. The summed E-state index contributed by atoms with van der Waals surface area (Å²) >= 11 is 7.29. The minimum atomic E-state index is 0.400. The summed E-state index contributed by atoms with van der Waals surface area (Å²) in [7, 11) is 2.21. The van der Waals surface area contributed by atoms with Gasteiger partial charge in [0.1, 0.15) is 0 Å². The van der Waals surface area contributed by atoms with Crippen molar-refractivity contribution in [3.8, 4) is 0 Å². The number of thiophene rings is 1. The molecule has 2 nitrogen and oxygen atoms in total. The van der Waals surface area contributed by atoms with Crippen LogP contribution in [0.2, 0.25) is 0 Å². The van der Waals surface area contributed by atoms with Crippen LogP contribution in [0.3, 0.4) is 0 Å². The van der Waals surface area contributed by atoms with Crippen molar-refractivity contribution in [3.05, 3.63) is 20.8 Å². The highest BCUT2D eigenvalue weighted by molar-refractivity contribution is 9.11. The molecule has 1 aromatic rings. The summed E-state index contributed by atoms with van der Waals surface area (Å²) in [5, 5.41) is 2.22. The Labute approximate surface area is 126 Å². The molecular weight excluding hydrogens is 328 g/mol. The van der Waals surface area contributed by atoms with Gasteiger partial charge in [-0.1, -0.05) is 6.42 Å². The third-order valence-electron chi connectivity index (χ3n) is 4.02. The van der Waals surface area contributed by atoms with Crippen molar-refractivity contribution < 1.29 is 0 Å². The molecule has 1 aromatic heterocycles. The second-order valence-corrected chi connectivity index (χ2v) is 8.56. The Morgan fingerprint density at radius 1 is 1.61 bits per heavy atom. The largest absolute Gasteiger partial charge is 0.329 e. The number of nitrogens with zero attached hydrogens (tertiary/aromatic N) is 1. The van der Waals surface area contributed by atoms with Gasteiger partial charge >= 0.3 is 0 Å². The van der Waals surface area contributed by atoms with Gasteiger partial charge in [-0.2, -0.15) is 11.8 Å². The molecule has 2 N–H and O–H groups in total. The molecule has 1 saturated carbocycles. The molecule has 1 atom stereocenters.